The zero-order chi connectivity index (χ0) is 16.8. The third-order valence-corrected chi connectivity index (χ3v) is 4.17. The molecule has 1 heterocycles. The van der Waals surface area contributed by atoms with E-state index < -0.39 is 12.1 Å². The van der Waals surface area contributed by atoms with Crippen LogP contribution in [0, 0.1) is 5.82 Å². The Bertz CT molecular complexity index is 547. The number of carbonyl (C=O) groups excluding carboxylic acids is 2. The number of amides is 2. The van der Waals surface area contributed by atoms with E-state index in [0.717, 1.165) is 18.4 Å². The number of likely N-dealkylation sites (tertiary alicyclic amines) is 1. The van der Waals surface area contributed by atoms with Crippen LogP contribution in [0.5, 0.6) is 0 Å². The van der Waals surface area contributed by atoms with Crippen LogP contribution >= 0.6 is 0 Å². The van der Waals surface area contributed by atoms with Crippen molar-refractivity contribution in [3.63, 3.8) is 0 Å². The maximum atomic E-state index is 12.9. The van der Waals surface area contributed by atoms with Crippen molar-refractivity contribution in [3.8, 4) is 0 Å². The number of aliphatic hydroxyl groups is 1. The fourth-order valence-electron chi connectivity index (χ4n) is 2.94. The topological polar surface area (TPSA) is 69.6 Å². The van der Waals surface area contributed by atoms with Gasteiger partial charge in [-0.25, -0.2) is 4.39 Å². The van der Waals surface area contributed by atoms with E-state index in [4.69, 9.17) is 0 Å². The average Bonchev–Trinajstić information content (AvgIpc) is 2.56. The molecule has 2 atom stereocenters. The Morgan fingerprint density at radius 3 is 2.65 bits per heavy atom. The molecular formula is C17H23FN2O3. The molecule has 1 aromatic rings. The van der Waals surface area contributed by atoms with Gasteiger partial charge in [-0.2, -0.15) is 0 Å². The van der Waals surface area contributed by atoms with Gasteiger partial charge >= 0.3 is 0 Å². The van der Waals surface area contributed by atoms with Gasteiger partial charge in [-0.1, -0.05) is 12.1 Å². The molecule has 2 rings (SSSR count). The van der Waals surface area contributed by atoms with Gasteiger partial charge in [-0.15, -0.1) is 0 Å². The van der Waals surface area contributed by atoms with E-state index >= 15 is 0 Å². The van der Waals surface area contributed by atoms with Crippen molar-refractivity contribution >= 4 is 11.8 Å². The second kappa shape index (κ2) is 8.06. The van der Waals surface area contributed by atoms with Gasteiger partial charge in [0, 0.05) is 13.5 Å². The molecular weight excluding hydrogens is 299 g/mol. The molecule has 2 N–H and O–H groups in total. The van der Waals surface area contributed by atoms with Gasteiger partial charge in [0.1, 0.15) is 11.9 Å². The summed E-state index contributed by atoms with van der Waals surface area (Å²) in [7, 11) is 0. The smallest absolute Gasteiger partial charge is 0.243 e. The second-order valence-electron chi connectivity index (χ2n) is 5.94. The fourth-order valence-corrected chi connectivity index (χ4v) is 2.94. The summed E-state index contributed by atoms with van der Waals surface area (Å²) in [5, 5.41) is 12.3. The zero-order valence-corrected chi connectivity index (χ0v) is 13.3. The first-order valence-corrected chi connectivity index (χ1v) is 7.94. The number of halogens is 1. The van der Waals surface area contributed by atoms with E-state index in [1.165, 1.54) is 19.1 Å². The van der Waals surface area contributed by atoms with Gasteiger partial charge in [0.2, 0.25) is 11.8 Å². The number of aliphatic hydroxyl groups excluding tert-OH is 1. The number of hydrogen-bond donors (Lipinski definition) is 2. The molecule has 0 spiro atoms. The molecule has 126 valence electrons. The summed E-state index contributed by atoms with van der Waals surface area (Å²) in [6, 6.07) is 5.04. The predicted octanol–water partition coefficient (Wildman–Crippen LogP) is 1.25. The average molecular weight is 322 g/mol. The molecule has 2 unspecified atom stereocenters. The Balaban J connectivity index is 1.98. The molecule has 6 heteroatoms. The monoisotopic (exact) mass is 322 g/mol. The molecule has 1 aliphatic rings. The number of hydrogen-bond acceptors (Lipinski definition) is 3. The van der Waals surface area contributed by atoms with Crippen LogP contribution in [0.1, 0.15) is 31.7 Å². The minimum Gasteiger partial charge on any atom is -0.394 e. The van der Waals surface area contributed by atoms with Gasteiger partial charge in [0.25, 0.3) is 0 Å². The number of nitrogens with zero attached hydrogens (tertiary/aromatic N) is 1. The lowest BCUT2D eigenvalue weighted by Gasteiger charge is -2.34. The SMILES string of the molecule is CC(=O)N1CCCCC1C(=O)NC(CO)Cc1ccc(F)cc1. The van der Waals surface area contributed by atoms with Gasteiger partial charge in [0.15, 0.2) is 0 Å². The summed E-state index contributed by atoms with van der Waals surface area (Å²) >= 11 is 0. The largest absolute Gasteiger partial charge is 0.394 e. The maximum absolute atomic E-state index is 12.9. The fraction of sp³-hybridized carbons (Fsp3) is 0.529. The lowest BCUT2D eigenvalue weighted by Crippen LogP contribution is -2.54. The summed E-state index contributed by atoms with van der Waals surface area (Å²) in [5.41, 5.74) is 0.831. The Kier molecular flexibility index (Phi) is 6.10. The molecule has 23 heavy (non-hydrogen) atoms. The first-order chi connectivity index (χ1) is 11.0. The lowest BCUT2D eigenvalue weighted by molar-refractivity contribution is -0.141. The van der Waals surface area contributed by atoms with Crippen LogP contribution in [0.4, 0.5) is 4.39 Å². The van der Waals surface area contributed by atoms with E-state index in [0.29, 0.717) is 19.4 Å². The van der Waals surface area contributed by atoms with Gasteiger partial charge in [0.05, 0.1) is 12.6 Å². The lowest BCUT2D eigenvalue weighted by atomic mass is 10.00. The van der Waals surface area contributed by atoms with Crippen LogP contribution in [-0.2, 0) is 16.0 Å². The molecule has 1 aliphatic heterocycles. The molecule has 5 nitrogen and oxygen atoms in total. The molecule has 1 fully saturated rings. The Hall–Kier alpha value is -1.95. The van der Waals surface area contributed by atoms with Gasteiger partial charge in [-0.05, 0) is 43.4 Å². The maximum Gasteiger partial charge on any atom is 0.243 e. The number of piperidine rings is 1. The normalized spacial score (nSPS) is 19.3. The van der Waals surface area contributed by atoms with Crippen molar-refractivity contribution in [3.05, 3.63) is 35.6 Å². The highest BCUT2D eigenvalue weighted by Crippen LogP contribution is 2.17. The molecule has 1 aromatic carbocycles. The number of carbonyl (C=O) groups is 2. The van der Waals surface area contributed by atoms with Crippen molar-refractivity contribution in [1.82, 2.24) is 10.2 Å². The summed E-state index contributed by atoms with van der Waals surface area (Å²) in [4.78, 5) is 25.7. The van der Waals surface area contributed by atoms with E-state index in [-0.39, 0.29) is 24.2 Å². The predicted molar refractivity (Wildman–Crippen MR) is 84.1 cm³/mol. The van der Waals surface area contributed by atoms with Crippen LogP contribution in [0.3, 0.4) is 0 Å². The van der Waals surface area contributed by atoms with Crippen molar-refractivity contribution in [1.29, 1.82) is 0 Å². The molecule has 0 aliphatic carbocycles. The molecule has 0 saturated carbocycles. The minimum absolute atomic E-state index is 0.107. The van der Waals surface area contributed by atoms with Crippen LogP contribution < -0.4 is 5.32 Å². The number of benzene rings is 1. The van der Waals surface area contributed by atoms with Crippen LogP contribution in [-0.4, -0.2) is 47.1 Å². The third kappa shape index (κ3) is 4.76. The minimum atomic E-state index is -0.469. The quantitative estimate of drug-likeness (QED) is 0.857. The molecule has 0 aromatic heterocycles. The standard InChI is InChI=1S/C17H23FN2O3/c1-12(22)20-9-3-2-4-16(20)17(23)19-15(11-21)10-13-5-7-14(18)8-6-13/h5-8,15-16,21H,2-4,9-11H2,1H3,(H,19,23). The van der Waals surface area contributed by atoms with Crippen LogP contribution in [0.25, 0.3) is 0 Å². The van der Waals surface area contributed by atoms with Crippen LogP contribution in [0.2, 0.25) is 0 Å². The summed E-state index contributed by atoms with van der Waals surface area (Å²) in [6.07, 6.45) is 2.86. The Labute approximate surface area is 135 Å². The summed E-state index contributed by atoms with van der Waals surface area (Å²) < 4.78 is 12.9. The molecule has 0 bridgehead atoms. The van der Waals surface area contributed by atoms with Crippen molar-refractivity contribution in [2.75, 3.05) is 13.2 Å². The first-order valence-electron chi connectivity index (χ1n) is 7.94. The van der Waals surface area contributed by atoms with Crippen molar-refractivity contribution in [2.45, 2.75) is 44.7 Å². The van der Waals surface area contributed by atoms with Crippen LogP contribution in [0.15, 0.2) is 24.3 Å². The summed E-state index contributed by atoms with van der Waals surface area (Å²) in [6.45, 7) is 1.85. The van der Waals surface area contributed by atoms with Gasteiger partial charge in [-0.3, -0.25) is 9.59 Å². The van der Waals surface area contributed by atoms with Crippen molar-refractivity contribution in [2.24, 2.45) is 0 Å². The highest BCUT2D eigenvalue weighted by atomic mass is 19.1. The van der Waals surface area contributed by atoms with Crippen molar-refractivity contribution < 1.29 is 19.1 Å². The van der Waals surface area contributed by atoms with E-state index in [1.807, 2.05) is 0 Å². The highest BCUT2D eigenvalue weighted by Gasteiger charge is 2.31. The highest BCUT2D eigenvalue weighted by molar-refractivity contribution is 5.87. The summed E-state index contributed by atoms with van der Waals surface area (Å²) in [5.74, 6) is -0.664. The zero-order valence-electron chi connectivity index (χ0n) is 13.3. The number of rotatable bonds is 5. The third-order valence-electron chi connectivity index (χ3n) is 4.17. The second-order valence-corrected chi connectivity index (χ2v) is 5.94. The molecule has 0 radical (unpaired) electrons. The van der Waals surface area contributed by atoms with E-state index in [9.17, 15) is 19.1 Å². The first kappa shape index (κ1) is 17.4. The van der Waals surface area contributed by atoms with E-state index in [1.54, 1.807) is 17.0 Å². The molecule has 2 amide bonds. The number of nitrogens with one attached hydrogen (secondary N) is 1. The van der Waals surface area contributed by atoms with Gasteiger partial charge < -0.3 is 15.3 Å². The Morgan fingerprint density at radius 1 is 1.35 bits per heavy atom. The Morgan fingerprint density at radius 2 is 2.04 bits per heavy atom. The molecule has 1 saturated heterocycles. The van der Waals surface area contributed by atoms with E-state index in [2.05, 4.69) is 5.32 Å².